The minimum absolute atomic E-state index is 0.0822. The molecule has 2 saturated heterocycles. The number of nitrogens with zero attached hydrogens (tertiary/aromatic N) is 2. The summed E-state index contributed by atoms with van der Waals surface area (Å²) in [6.45, 7) is 4.85. The lowest BCUT2D eigenvalue weighted by Crippen LogP contribution is -2.44. The third kappa shape index (κ3) is 3.61. The van der Waals surface area contributed by atoms with Crippen LogP contribution in [0.1, 0.15) is 42.9 Å². The first kappa shape index (κ1) is 17.0. The van der Waals surface area contributed by atoms with Crippen molar-refractivity contribution in [2.75, 3.05) is 26.2 Å². The van der Waals surface area contributed by atoms with E-state index < -0.39 is 0 Å². The van der Waals surface area contributed by atoms with E-state index in [1.54, 1.807) is 0 Å². The Morgan fingerprint density at radius 1 is 1.12 bits per heavy atom. The number of carbonyl (C=O) groups is 2. The maximum atomic E-state index is 13.0. The van der Waals surface area contributed by atoms with Gasteiger partial charge >= 0.3 is 0 Å². The van der Waals surface area contributed by atoms with Gasteiger partial charge in [-0.25, -0.2) is 0 Å². The van der Waals surface area contributed by atoms with Crippen LogP contribution < -0.4 is 5.73 Å². The second-order valence-corrected chi connectivity index (χ2v) is 7.06. The summed E-state index contributed by atoms with van der Waals surface area (Å²) in [5.41, 5.74) is 7.81. The SMILES string of the molecule is Cc1ccccc1[C@H]1CCCN1C(=O)C1CCN(CC(N)=O)CC1. The van der Waals surface area contributed by atoms with Crippen molar-refractivity contribution in [1.29, 1.82) is 0 Å². The highest BCUT2D eigenvalue weighted by atomic mass is 16.2. The number of nitrogens with two attached hydrogens (primary N) is 1. The summed E-state index contributed by atoms with van der Waals surface area (Å²) in [7, 11) is 0. The molecular formula is C19H27N3O2. The van der Waals surface area contributed by atoms with Gasteiger partial charge in [-0.2, -0.15) is 0 Å². The Kier molecular flexibility index (Phi) is 5.19. The molecule has 3 rings (SSSR count). The molecule has 2 fully saturated rings. The molecule has 5 heteroatoms. The van der Waals surface area contributed by atoms with E-state index in [2.05, 4.69) is 41.0 Å². The minimum atomic E-state index is -0.293. The molecule has 2 aliphatic heterocycles. The van der Waals surface area contributed by atoms with Gasteiger partial charge in [-0.3, -0.25) is 14.5 Å². The normalized spacial score (nSPS) is 22.7. The summed E-state index contributed by atoms with van der Waals surface area (Å²) < 4.78 is 0. The predicted octanol–water partition coefficient (Wildman–Crippen LogP) is 1.86. The lowest BCUT2D eigenvalue weighted by Gasteiger charge is -2.34. The summed E-state index contributed by atoms with van der Waals surface area (Å²) in [6.07, 6.45) is 3.77. The summed E-state index contributed by atoms with van der Waals surface area (Å²) in [5.74, 6) is 0.0807. The monoisotopic (exact) mass is 329 g/mol. The van der Waals surface area contributed by atoms with Crippen LogP contribution in [-0.2, 0) is 9.59 Å². The van der Waals surface area contributed by atoms with Crippen molar-refractivity contribution in [3.8, 4) is 0 Å². The van der Waals surface area contributed by atoms with Crippen molar-refractivity contribution in [2.45, 2.75) is 38.6 Å². The quantitative estimate of drug-likeness (QED) is 0.917. The highest BCUT2D eigenvalue weighted by Gasteiger charge is 2.35. The molecule has 5 nitrogen and oxygen atoms in total. The molecule has 0 saturated carbocycles. The standard InChI is InChI=1S/C19H27N3O2/c1-14-5-2-3-6-16(14)17-7-4-10-22(17)19(24)15-8-11-21(12-9-15)13-18(20)23/h2-3,5-6,15,17H,4,7-13H2,1H3,(H2,20,23)/t17-/m1/s1. The number of primary amides is 1. The van der Waals surface area contributed by atoms with E-state index in [9.17, 15) is 9.59 Å². The van der Waals surface area contributed by atoms with Gasteiger partial charge in [0.2, 0.25) is 11.8 Å². The van der Waals surface area contributed by atoms with E-state index in [0.717, 1.165) is 45.3 Å². The molecule has 2 aliphatic rings. The van der Waals surface area contributed by atoms with Crippen molar-refractivity contribution >= 4 is 11.8 Å². The molecular weight excluding hydrogens is 302 g/mol. The molecule has 0 spiro atoms. The van der Waals surface area contributed by atoms with E-state index in [0.29, 0.717) is 12.5 Å². The van der Waals surface area contributed by atoms with E-state index in [1.165, 1.54) is 11.1 Å². The minimum Gasteiger partial charge on any atom is -0.369 e. The maximum Gasteiger partial charge on any atom is 0.231 e. The van der Waals surface area contributed by atoms with E-state index in [4.69, 9.17) is 5.73 Å². The summed E-state index contributed by atoms with van der Waals surface area (Å²) in [6, 6.07) is 8.61. The first-order chi connectivity index (χ1) is 11.6. The Morgan fingerprint density at radius 3 is 2.50 bits per heavy atom. The van der Waals surface area contributed by atoms with E-state index >= 15 is 0 Å². The first-order valence-electron chi connectivity index (χ1n) is 8.93. The number of benzene rings is 1. The second-order valence-electron chi connectivity index (χ2n) is 7.06. The number of aryl methyl sites for hydroxylation is 1. The number of likely N-dealkylation sites (tertiary alicyclic amines) is 2. The zero-order chi connectivity index (χ0) is 17.1. The Balaban J connectivity index is 1.64. The highest BCUT2D eigenvalue weighted by molar-refractivity contribution is 5.80. The van der Waals surface area contributed by atoms with Crippen LogP contribution in [0, 0.1) is 12.8 Å². The highest BCUT2D eigenvalue weighted by Crippen LogP contribution is 2.35. The molecule has 0 aromatic heterocycles. The molecule has 1 atom stereocenters. The molecule has 2 heterocycles. The molecule has 2 amide bonds. The van der Waals surface area contributed by atoms with Crippen molar-refractivity contribution in [3.63, 3.8) is 0 Å². The second kappa shape index (κ2) is 7.34. The number of carbonyl (C=O) groups excluding carboxylic acids is 2. The fourth-order valence-corrected chi connectivity index (χ4v) is 4.11. The Hall–Kier alpha value is -1.88. The van der Waals surface area contributed by atoms with Crippen LogP contribution in [0.15, 0.2) is 24.3 Å². The number of rotatable bonds is 4. The number of piperidine rings is 1. The van der Waals surface area contributed by atoms with Gasteiger partial charge in [-0.05, 0) is 56.8 Å². The Bertz CT molecular complexity index is 608. The molecule has 0 aliphatic carbocycles. The molecule has 1 aromatic rings. The third-order valence-electron chi connectivity index (χ3n) is 5.40. The van der Waals surface area contributed by atoms with Gasteiger partial charge in [0.05, 0.1) is 12.6 Å². The molecule has 1 aromatic carbocycles. The molecule has 0 unspecified atom stereocenters. The topological polar surface area (TPSA) is 66.6 Å². The van der Waals surface area contributed by atoms with Crippen molar-refractivity contribution in [2.24, 2.45) is 11.7 Å². The Labute approximate surface area is 143 Å². The zero-order valence-corrected chi connectivity index (χ0v) is 14.4. The molecule has 2 N–H and O–H groups in total. The molecule has 130 valence electrons. The Morgan fingerprint density at radius 2 is 1.83 bits per heavy atom. The average molecular weight is 329 g/mol. The van der Waals surface area contributed by atoms with E-state index in [1.807, 2.05) is 0 Å². The smallest absolute Gasteiger partial charge is 0.231 e. The molecule has 0 radical (unpaired) electrons. The van der Waals surface area contributed by atoms with E-state index in [-0.39, 0.29) is 17.9 Å². The largest absolute Gasteiger partial charge is 0.369 e. The van der Waals surface area contributed by atoms with Crippen LogP contribution >= 0.6 is 0 Å². The van der Waals surface area contributed by atoms with Crippen LogP contribution in [-0.4, -0.2) is 47.8 Å². The van der Waals surface area contributed by atoms with Crippen LogP contribution in [0.5, 0.6) is 0 Å². The van der Waals surface area contributed by atoms with Crippen LogP contribution in [0.3, 0.4) is 0 Å². The summed E-state index contributed by atoms with van der Waals surface area (Å²) >= 11 is 0. The number of hydrogen-bond donors (Lipinski definition) is 1. The third-order valence-corrected chi connectivity index (χ3v) is 5.40. The van der Waals surface area contributed by atoms with Gasteiger partial charge in [0.1, 0.15) is 0 Å². The number of amides is 2. The zero-order valence-electron chi connectivity index (χ0n) is 14.4. The van der Waals surface area contributed by atoms with Gasteiger partial charge < -0.3 is 10.6 Å². The molecule has 0 bridgehead atoms. The summed E-state index contributed by atoms with van der Waals surface area (Å²) in [4.78, 5) is 28.2. The van der Waals surface area contributed by atoms with Crippen LogP contribution in [0.2, 0.25) is 0 Å². The summed E-state index contributed by atoms with van der Waals surface area (Å²) in [5, 5.41) is 0. The lowest BCUT2D eigenvalue weighted by molar-refractivity contribution is -0.138. The number of hydrogen-bond acceptors (Lipinski definition) is 3. The van der Waals surface area contributed by atoms with Crippen molar-refractivity contribution in [3.05, 3.63) is 35.4 Å². The van der Waals surface area contributed by atoms with Crippen molar-refractivity contribution < 1.29 is 9.59 Å². The fourth-order valence-electron chi connectivity index (χ4n) is 4.11. The molecule has 24 heavy (non-hydrogen) atoms. The maximum absolute atomic E-state index is 13.0. The van der Waals surface area contributed by atoms with Gasteiger partial charge in [0.15, 0.2) is 0 Å². The van der Waals surface area contributed by atoms with Gasteiger partial charge in [0.25, 0.3) is 0 Å². The van der Waals surface area contributed by atoms with Crippen LogP contribution in [0.4, 0.5) is 0 Å². The fraction of sp³-hybridized carbons (Fsp3) is 0.579. The average Bonchev–Trinajstić information content (AvgIpc) is 3.04. The van der Waals surface area contributed by atoms with Gasteiger partial charge in [-0.15, -0.1) is 0 Å². The van der Waals surface area contributed by atoms with Crippen molar-refractivity contribution in [1.82, 2.24) is 9.80 Å². The predicted molar refractivity (Wildman–Crippen MR) is 93.2 cm³/mol. The lowest BCUT2D eigenvalue weighted by atomic mass is 9.93. The van der Waals surface area contributed by atoms with Gasteiger partial charge in [0, 0.05) is 12.5 Å². The first-order valence-corrected chi connectivity index (χ1v) is 8.93. The van der Waals surface area contributed by atoms with Crippen LogP contribution in [0.25, 0.3) is 0 Å². The van der Waals surface area contributed by atoms with Gasteiger partial charge in [-0.1, -0.05) is 24.3 Å².